The highest BCUT2D eigenvalue weighted by Crippen LogP contribution is 2.24. The van der Waals surface area contributed by atoms with Gasteiger partial charge in [-0.2, -0.15) is 0 Å². The first-order valence-electron chi connectivity index (χ1n) is 14.8. The Balaban J connectivity index is 0.000000186. The minimum Gasteiger partial charge on any atom is -0.103 e. The highest BCUT2D eigenvalue weighted by atomic mass is 28.3. The van der Waals surface area contributed by atoms with Crippen LogP contribution >= 0.6 is 0 Å². The van der Waals surface area contributed by atoms with Crippen molar-refractivity contribution < 1.29 is 0 Å². The highest BCUT2D eigenvalue weighted by molar-refractivity contribution is 7.02. The molecule has 0 nitrogen and oxygen atoms in total. The molecule has 5 rings (SSSR count). The molecule has 0 aromatic heterocycles. The summed E-state index contributed by atoms with van der Waals surface area (Å²) in [5, 5.41) is 6.26. The molecule has 1 aliphatic heterocycles. The summed E-state index contributed by atoms with van der Waals surface area (Å²) in [5.74, 6) is 0. The maximum absolute atomic E-state index is 3.93. The van der Waals surface area contributed by atoms with E-state index in [0.717, 1.165) is 12.8 Å². The molecule has 0 unspecified atom stereocenters. The van der Waals surface area contributed by atoms with Crippen LogP contribution < -0.4 is 20.7 Å². The Morgan fingerprint density at radius 2 is 0.875 bits per heavy atom. The summed E-state index contributed by atoms with van der Waals surface area (Å²) in [4.78, 5) is 0. The quantitative estimate of drug-likeness (QED) is 0.137. The van der Waals surface area contributed by atoms with E-state index in [9.17, 15) is 0 Å². The largest absolute Gasteiger partial charge is 0.118 e. The minimum absolute atomic E-state index is 1.08. The second-order valence-electron chi connectivity index (χ2n) is 10.8. The van der Waals surface area contributed by atoms with Crippen LogP contribution in [0.4, 0.5) is 0 Å². The molecule has 0 N–H and O–H groups in total. The van der Waals surface area contributed by atoms with Crippen LogP contribution in [0, 0.1) is 0 Å². The molecule has 4 aromatic carbocycles. The van der Waals surface area contributed by atoms with Gasteiger partial charge in [-0.15, -0.1) is 13.2 Å². The van der Waals surface area contributed by atoms with Gasteiger partial charge in [-0.3, -0.25) is 0 Å². The predicted octanol–water partition coefficient (Wildman–Crippen LogP) is 8.00. The van der Waals surface area contributed by atoms with Crippen molar-refractivity contribution >= 4 is 36.9 Å². The van der Waals surface area contributed by atoms with Crippen molar-refractivity contribution in [3.8, 4) is 0 Å². The second-order valence-corrected chi connectivity index (χ2v) is 19.5. The smallest absolute Gasteiger partial charge is 0.103 e. The summed E-state index contributed by atoms with van der Waals surface area (Å²) in [6, 6.07) is 49.7. The fraction of sp³-hybridized carbons (Fsp3) is 0.211. The average Bonchev–Trinajstić information content (AvgIpc) is 3.31. The molecule has 4 aromatic rings. The van der Waals surface area contributed by atoms with Gasteiger partial charge in [0.05, 0.1) is 0 Å². The molecule has 2 heteroatoms. The van der Waals surface area contributed by atoms with E-state index in [1.807, 2.05) is 0 Å². The zero-order valence-corrected chi connectivity index (χ0v) is 25.9. The minimum atomic E-state index is -1.73. The first kappa shape index (κ1) is 29.5. The summed E-state index contributed by atoms with van der Waals surface area (Å²) in [5.41, 5.74) is 0. The SMILES string of the molecule is C1=CCC[Si](c2ccccc2)(c2ccccc2)CC1.C=CCC[Si](CCC=C)(c1ccccc1)c1ccccc1. The Morgan fingerprint density at radius 3 is 1.23 bits per heavy atom. The zero-order chi connectivity index (χ0) is 27.9. The molecule has 40 heavy (non-hydrogen) atoms. The van der Waals surface area contributed by atoms with Crippen LogP contribution in [-0.4, -0.2) is 16.1 Å². The van der Waals surface area contributed by atoms with E-state index in [1.54, 1.807) is 10.4 Å². The van der Waals surface area contributed by atoms with Crippen molar-refractivity contribution in [1.82, 2.24) is 0 Å². The van der Waals surface area contributed by atoms with Crippen molar-refractivity contribution in [2.24, 2.45) is 0 Å². The monoisotopic (exact) mass is 556 g/mol. The van der Waals surface area contributed by atoms with Gasteiger partial charge in [0.1, 0.15) is 16.1 Å². The lowest BCUT2D eigenvalue weighted by molar-refractivity contribution is 1.10. The van der Waals surface area contributed by atoms with E-state index in [-0.39, 0.29) is 0 Å². The van der Waals surface area contributed by atoms with E-state index in [1.165, 1.54) is 47.4 Å². The zero-order valence-electron chi connectivity index (χ0n) is 23.9. The second kappa shape index (κ2) is 15.4. The number of benzene rings is 4. The summed E-state index contributed by atoms with van der Waals surface area (Å²) < 4.78 is 0. The topological polar surface area (TPSA) is 0 Å². The van der Waals surface area contributed by atoms with Crippen LogP contribution in [0.2, 0.25) is 24.2 Å². The van der Waals surface area contributed by atoms with Crippen molar-refractivity contribution in [3.63, 3.8) is 0 Å². The molecule has 0 saturated carbocycles. The Kier molecular flexibility index (Phi) is 11.3. The molecule has 0 radical (unpaired) electrons. The molecule has 0 atom stereocenters. The normalized spacial score (nSPS) is 14.3. The fourth-order valence-corrected chi connectivity index (χ4v) is 15.9. The van der Waals surface area contributed by atoms with Crippen LogP contribution in [-0.2, 0) is 0 Å². The average molecular weight is 557 g/mol. The van der Waals surface area contributed by atoms with Gasteiger partial charge in [0, 0.05) is 0 Å². The molecule has 1 aliphatic rings. The van der Waals surface area contributed by atoms with Crippen LogP contribution in [0.15, 0.2) is 159 Å². The van der Waals surface area contributed by atoms with Crippen LogP contribution in [0.3, 0.4) is 0 Å². The molecule has 0 spiro atoms. The molecule has 1 heterocycles. The predicted molar refractivity (Wildman–Crippen MR) is 183 cm³/mol. The third kappa shape index (κ3) is 7.18. The van der Waals surface area contributed by atoms with Crippen molar-refractivity contribution in [2.45, 2.75) is 49.9 Å². The van der Waals surface area contributed by atoms with Gasteiger partial charge in [0.2, 0.25) is 0 Å². The molecular weight excluding hydrogens is 513 g/mol. The number of allylic oxidation sites excluding steroid dienone is 4. The summed E-state index contributed by atoms with van der Waals surface area (Å²) in [7, 11) is -3.28. The van der Waals surface area contributed by atoms with E-state index in [4.69, 9.17) is 0 Å². The van der Waals surface area contributed by atoms with Gasteiger partial charge < -0.3 is 0 Å². The standard InChI is InChI=1S/C20H24Si.C18H20Si/c1-3-5-17-21(18-6-4-2,19-13-9-7-10-14-19)20-15-11-8-12-16-20;1-2-10-16-19(15-9-1,17-11-5-3-6-12-17)18-13-7-4-8-14-18/h3-4,7-16H,1-2,5-6,17-18H2;1-8,11-14H,9-10,15-16H2. The maximum Gasteiger partial charge on any atom is 0.118 e. The van der Waals surface area contributed by atoms with Crippen LogP contribution in [0.25, 0.3) is 0 Å². The first-order chi connectivity index (χ1) is 19.7. The molecule has 0 bridgehead atoms. The molecule has 0 fully saturated rings. The van der Waals surface area contributed by atoms with Crippen molar-refractivity contribution in [1.29, 1.82) is 0 Å². The highest BCUT2D eigenvalue weighted by Gasteiger charge is 2.36. The van der Waals surface area contributed by atoms with Crippen LogP contribution in [0.5, 0.6) is 0 Å². The summed E-state index contributed by atoms with van der Waals surface area (Å²) >= 11 is 0. The van der Waals surface area contributed by atoms with Gasteiger partial charge in [-0.05, 0) is 49.9 Å². The van der Waals surface area contributed by atoms with E-state index >= 15 is 0 Å². The van der Waals surface area contributed by atoms with E-state index in [0.29, 0.717) is 0 Å². The summed E-state index contributed by atoms with van der Waals surface area (Å²) in [6.07, 6.45) is 13.5. The van der Waals surface area contributed by atoms with Gasteiger partial charge in [-0.25, -0.2) is 0 Å². The van der Waals surface area contributed by atoms with Gasteiger partial charge in [-0.1, -0.05) is 166 Å². The number of hydrogen-bond donors (Lipinski definition) is 0. The Bertz CT molecular complexity index is 1210. The third-order valence-corrected chi connectivity index (χ3v) is 18.8. The fourth-order valence-electron chi connectivity index (χ4n) is 6.36. The lowest BCUT2D eigenvalue weighted by atomic mass is 10.4. The summed E-state index contributed by atoms with van der Waals surface area (Å²) in [6.45, 7) is 7.87. The molecule has 0 aliphatic carbocycles. The van der Waals surface area contributed by atoms with Gasteiger partial charge >= 0.3 is 0 Å². The van der Waals surface area contributed by atoms with Crippen LogP contribution in [0.1, 0.15) is 25.7 Å². The number of rotatable bonds is 10. The Labute approximate surface area is 244 Å². The molecule has 0 saturated heterocycles. The number of hydrogen-bond acceptors (Lipinski definition) is 0. The van der Waals surface area contributed by atoms with Crippen molar-refractivity contribution in [2.75, 3.05) is 0 Å². The maximum atomic E-state index is 3.93. The third-order valence-electron chi connectivity index (χ3n) is 8.50. The molecule has 204 valence electrons. The van der Waals surface area contributed by atoms with Gasteiger partial charge in [0.15, 0.2) is 0 Å². The van der Waals surface area contributed by atoms with Gasteiger partial charge in [0.25, 0.3) is 0 Å². The van der Waals surface area contributed by atoms with E-state index < -0.39 is 16.1 Å². The first-order valence-corrected chi connectivity index (χ1v) is 19.7. The lowest BCUT2D eigenvalue weighted by Crippen LogP contribution is -2.57. The lowest BCUT2D eigenvalue weighted by Gasteiger charge is -2.33. The van der Waals surface area contributed by atoms with Crippen molar-refractivity contribution in [3.05, 3.63) is 159 Å². The Hall–Kier alpha value is -3.47. The molecular formula is C38H44Si2. The molecule has 0 amide bonds. The van der Waals surface area contributed by atoms with E-state index in [2.05, 4.69) is 159 Å². The Morgan fingerprint density at radius 1 is 0.525 bits per heavy atom.